The molecule has 1 amide bonds. The standard InChI is InChI=1S/C4H9NO2.C3H4N2.CH3NO2/c1-5(2)3-4(6)7;1-2-5-3-4-1;2-1(3)4/h3H2,1-2H3,(H,6,7);1-3H,(H,4,5);2H2,(H,3,4). The molecule has 0 saturated carbocycles. The lowest BCUT2D eigenvalue weighted by Crippen LogP contribution is -2.20. The monoisotopic (exact) mass is 232 g/mol. The van der Waals surface area contributed by atoms with E-state index in [4.69, 9.17) is 15.0 Å². The first-order valence-electron chi connectivity index (χ1n) is 4.14. The van der Waals surface area contributed by atoms with Crippen LogP contribution >= 0.6 is 0 Å². The number of carboxylic acids is 1. The molecule has 0 aliphatic carbocycles. The average Bonchev–Trinajstić information content (AvgIpc) is 2.54. The molecule has 0 unspecified atom stereocenters. The molecule has 16 heavy (non-hydrogen) atoms. The van der Waals surface area contributed by atoms with E-state index in [9.17, 15) is 4.79 Å². The first kappa shape index (κ1) is 16.3. The van der Waals surface area contributed by atoms with Crippen molar-refractivity contribution in [3.63, 3.8) is 0 Å². The number of rotatable bonds is 2. The van der Waals surface area contributed by atoms with Crippen molar-refractivity contribution in [1.29, 1.82) is 0 Å². The van der Waals surface area contributed by atoms with Gasteiger partial charge < -0.3 is 20.9 Å². The lowest BCUT2D eigenvalue weighted by atomic mass is 10.6. The molecule has 0 radical (unpaired) electrons. The molecular weight excluding hydrogens is 216 g/mol. The van der Waals surface area contributed by atoms with Gasteiger partial charge in [-0.05, 0) is 14.1 Å². The van der Waals surface area contributed by atoms with Crippen molar-refractivity contribution in [2.24, 2.45) is 5.73 Å². The second kappa shape index (κ2) is 11.0. The van der Waals surface area contributed by atoms with Gasteiger partial charge in [-0.3, -0.25) is 9.69 Å². The molecule has 0 bridgehead atoms. The summed E-state index contributed by atoms with van der Waals surface area (Å²) in [6.45, 7) is 0.111. The highest BCUT2D eigenvalue weighted by Crippen LogP contribution is 1.69. The van der Waals surface area contributed by atoms with E-state index >= 15 is 0 Å². The maximum Gasteiger partial charge on any atom is 0.402 e. The van der Waals surface area contributed by atoms with Crippen LogP contribution in [0.2, 0.25) is 0 Å². The fourth-order valence-electron chi connectivity index (χ4n) is 0.486. The van der Waals surface area contributed by atoms with Gasteiger partial charge in [0, 0.05) is 12.4 Å². The highest BCUT2D eigenvalue weighted by Gasteiger charge is 1.94. The first-order valence-corrected chi connectivity index (χ1v) is 4.14. The van der Waals surface area contributed by atoms with Crippen molar-refractivity contribution in [3.8, 4) is 0 Å². The number of H-pyrrole nitrogens is 1. The molecule has 92 valence electrons. The SMILES string of the molecule is CN(C)CC(=O)O.NC(=O)O.c1c[nH]cn1. The van der Waals surface area contributed by atoms with Gasteiger partial charge in [-0.15, -0.1) is 0 Å². The maximum absolute atomic E-state index is 9.77. The number of nitrogens with two attached hydrogens (primary N) is 1. The predicted molar refractivity (Wildman–Crippen MR) is 57.0 cm³/mol. The molecule has 0 saturated heterocycles. The fourth-order valence-corrected chi connectivity index (χ4v) is 0.486. The van der Waals surface area contributed by atoms with Gasteiger partial charge in [0.2, 0.25) is 0 Å². The molecule has 5 N–H and O–H groups in total. The summed E-state index contributed by atoms with van der Waals surface area (Å²) >= 11 is 0. The van der Waals surface area contributed by atoms with Crippen LogP contribution in [0, 0.1) is 0 Å². The zero-order valence-corrected chi connectivity index (χ0v) is 9.12. The van der Waals surface area contributed by atoms with Crippen LogP contribution in [-0.2, 0) is 4.79 Å². The number of hydrogen-bond donors (Lipinski definition) is 4. The van der Waals surface area contributed by atoms with Gasteiger partial charge in [0.05, 0.1) is 12.9 Å². The number of hydrogen-bond acceptors (Lipinski definition) is 4. The van der Waals surface area contributed by atoms with Crippen LogP contribution in [0.1, 0.15) is 0 Å². The number of aliphatic carboxylic acids is 1. The van der Waals surface area contributed by atoms with Gasteiger partial charge in [0.15, 0.2) is 0 Å². The van der Waals surface area contributed by atoms with Gasteiger partial charge in [-0.2, -0.15) is 0 Å². The summed E-state index contributed by atoms with van der Waals surface area (Å²) in [6.07, 6.45) is 3.75. The van der Waals surface area contributed by atoms with E-state index in [1.165, 1.54) is 0 Å². The number of aromatic nitrogens is 2. The number of nitrogens with one attached hydrogen (secondary N) is 1. The van der Waals surface area contributed by atoms with Crippen molar-refractivity contribution in [1.82, 2.24) is 14.9 Å². The summed E-state index contributed by atoms with van der Waals surface area (Å²) in [7, 11) is 3.43. The van der Waals surface area contributed by atoms with Crippen LogP contribution in [0.5, 0.6) is 0 Å². The first-order chi connectivity index (χ1) is 7.36. The maximum atomic E-state index is 9.77. The van der Waals surface area contributed by atoms with Gasteiger partial charge in [0.1, 0.15) is 0 Å². The molecule has 0 aliphatic heterocycles. The Balaban J connectivity index is 0. The van der Waals surface area contributed by atoms with Crippen LogP contribution in [0.4, 0.5) is 4.79 Å². The van der Waals surface area contributed by atoms with Gasteiger partial charge in [0.25, 0.3) is 0 Å². The summed E-state index contributed by atoms with van der Waals surface area (Å²) in [5.74, 6) is -0.787. The Labute approximate surface area is 92.7 Å². The molecule has 1 heterocycles. The van der Waals surface area contributed by atoms with Crippen LogP contribution in [-0.4, -0.2) is 57.8 Å². The minimum Gasteiger partial charge on any atom is -0.480 e. The number of amides is 1. The fraction of sp³-hybridized carbons (Fsp3) is 0.375. The summed E-state index contributed by atoms with van der Waals surface area (Å²) in [5, 5.41) is 15.2. The Morgan fingerprint density at radius 3 is 2.00 bits per heavy atom. The van der Waals surface area contributed by atoms with Gasteiger partial charge in [-0.1, -0.05) is 0 Å². The van der Waals surface area contributed by atoms with Crippen LogP contribution < -0.4 is 5.73 Å². The van der Waals surface area contributed by atoms with E-state index in [1.807, 2.05) is 0 Å². The number of aromatic amines is 1. The molecule has 8 nitrogen and oxygen atoms in total. The van der Waals surface area contributed by atoms with Gasteiger partial charge >= 0.3 is 12.1 Å². The number of carboxylic acid groups (broad SMARTS) is 2. The molecule has 0 aliphatic rings. The van der Waals surface area contributed by atoms with E-state index in [2.05, 4.69) is 15.7 Å². The molecule has 1 aromatic heterocycles. The van der Waals surface area contributed by atoms with Crippen LogP contribution in [0.15, 0.2) is 18.7 Å². The normalized spacial score (nSPS) is 8.19. The third-order valence-corrected chi connectivity index (χ3v) is 0.857. The lowest BCUT2D eigenvalue weighted by molar-refractivity contribution is -0.137. The quantitative estimate of drug-likeness (QED) is 0.551. The Hall–Kier alpha value is -2.09. The third-order valence-electron chi connectivity index (χ3n) is 0.857. The third kappa shape index (κ3) is 29.7. The zero-order valence-electron chi connectivity index (χ0n) is 9.12. The Morgan fingerprint density at radius 2 is 1.94 bits per heavy atom. The summed E-state index contributed by atoms with van der Waals surface area (Å²) < 4.78 is 0. The molecule has 0 spiro atoms. The average molecular weight is 232 g/mol. The Bertz CT molecular complexity index is 252. The second-order valence-electron chi connectivity index (χ2n) is 2.73. The minimum atomic E-state index is -1.33. The number of likely N-dealkylation sites (N-methyl/N-ethyl adjacent to an activating group) is 1. The summed E-state index contributed by atoms with van der Waals surface area (Å²) in [4.78, 5) is 26.6. The second-order valence-corrected chi connectivity index (χ2v) is 2.73. The van der Waals surface area contributed by atoms with Crippen LogP contribution in [0.25, 0.3) is 0 Å². The molecule has 8 heteroatoms. The van der Waals surface area contributed by atoms with E-state index in [1.54, 1.807) is 37.7 Å². The van der Waals surface area contributed by atoms with Crippen molar-refractivity contribution < 1.29 is 19.8 Å². The van der Waals surface area contributed by atoms with E-state index in [0.29, 0.717) is 0 Å². The largest absolute Gasteiger partial charge is 0.480 e. The topological polar surface area (TPSA) is 133 Å². The molecule has 1 rings (SSSR count). The predicted octanol–water partition coefficient (Wildman–Crippen LogP) is -0.335. The summed E-state index contributed by atoms with van der Waals surface area (Å²) in [6, 6.07) is 0. The molecule has 0 aromatic carbocycles. The van der Waals surface area contributed by atoms with Crippen molar-refractivity contribution >= 4 is 12.1 Å². The molecule has 0 atom stereocenters. The van der Waals surface area contributed by atoms with Crippen LogP contribution in [0.3, 0.4) is 0 Å². The van der Waals surface area contributed by atoms with Crippen molar-refractivity contribution in [2.75, 3.05) is 20.6 Å². The number of primary amides is 1. The highest BCUT2D eigenvalue weighted by atomic mass is 16.4. The summed E-state index contributed by atoms with van der Waals surface area (Å²) in [5.41, 5.74) is 4.03. The van der Waals surface area contributed by atoms with Crippen molar-refractivity contribution in [3.05, 3.63) is 18.7 Å². The lowest BCUT2D eigenvalue weighted by Gasteiger charge is -2.01. The number of carbonyl (C=O) groups is 2. The van der Waals surface area contributed by atoms with E-state index in [-0.39, 0.29) is 6.54 Å². The zero-order chi connectivity index (χ0) is 13.0. The molecular formula is C8H16N4O4. The van der Waals surface area contributed by atoms with Gasteiger partial charge in [-0.25, -0.2) is 9.78 Å². The minimum absolute atomic E-state index is 0.111. The van der Waals surface area contributed by atoms with Crippen molar-refractivity contribution in [2.45, 2.75) is 0 Å². The molecule has 1 aromatic rings. The Morgan fingerprint density at radius 1 is 1.44 bits per heavy atom. The highest BCUT2D eigenvalue weighted by molar-refractivity contribution is 5.68. The molecule has 0 fully saturated rings. The Kier molecular flexibility index (Phi) is 11.2. The van der Waals surface area contributed by atoms with E-state index < -0.39 is 12.1 Å². The van der Waals surface area contributed by atoms with E-state index in [0.717, 1.165) is 0 Å². The number of nitrogens with zero attached hydrogens (tertiary/aromatic N) is 2. The number of imidazole rings is 1. The smallest absolute Gasteiger partial charge is 0.402 e.